The van der Waals surface area contributed by atoms with Gasteiger partial charge in [0.05, 0.1) is 22.8 Å². The zero-order valence-electron chi connectivity index (χ0n) is 22.2. The van der Waals surface area contributed by atoms with E-state index in [1.54, 1.807) is 43.3 Å². The molecule has 1 N–H and O–H groups in total. The van der Waals surface area contributed by atoms with E-state index in [-0.39, 0.29) is 41.9 Å². The Balaban J connectivity index is 1.40. The van der Waals surface area contributed by atoms with Crippen molar-refractivity contribution in [2.75, 3.05) is 17.7 Å². The molecule has 0 saturated carbocycles. The van der Waals surface area contributed by atoms with Gasteiger partial charge in [-0.3, -0.25) is 4.79 Å². The van der Waals surface area contributed by atoms with Crippen LogP contribution in [0.15, 0.2) is 114 Å². The molecule has 0 bridgehead atoms. The van der Waals surface area contributed by atoms with Crippen molar-refractivity contribution in [3.63, 3.8) is 0 Å². The Hall–Kier alpha value is -4.43. The van der Waals surface area contributed by atoms with Gasteiger partial charge in [-0.15, -0.1) is 0 Å². The highest BCUT2D eigenvalue weighted by Crippen LogP contribution is 2.28. The van der Waals surface area contributed by atoms with Gasteiger partial charge in [0.2, 0.25) is 5.91 Å². The summed E-state index contributed by atoms with van der Waals surface area (Å²) >= 11 is 0. The molecule has 0 spiro atoms. The Labute approximate surface area is 234 Å². The first-order valence-corrected chi connectivity index (χ1v) is 14.7. The summed E-state index contributed by atoms with van der Waals surface area (Å²) in [5.41, 5.74) is 1.82. The number of nitrogens with one attached hydrogen (secondary N) is 1. The molecule has 0 aliphatic heterocycles. The second-order valence-corrected chi connectivity index (χ2v) is 11.3. The molecule has 8 heteroatoms. The minimum absolute atomic E-state index is 0.100. The molecule has 0 aromatic heterocycles. The molecule has 1 amide bonds. The number of sulfone groups is 1. The van der Waals surface area contributed by atoms with Crippen molar-refractivity contribution in [3.8, 4) is 11.5 Å². The lowest BCUT2D eigenvalue weighted by atomic mass is 9.93. The number of hydrogen-bond acceptors (Lipinski definition) is 6. The second-order valence-electron chi connectivity index (χ2n) is 9.15. The van der Waals surface area contributed by atoms with E-state index in [1.165, 1.54) is 12.1 Å². The van der Waals surface area contributed by atoms with Crippen molar-refractivity contribution in [1.82, 2.24) is 0 Å². The standard InChI is InChI=1S/C32H31NO6S/c1-2-38-32(35)25-13-15-27(16-14-25)33-31(34)23-26(24-9-5-3-6-10-24)21-22-40(36,37)30-19-17-29(18-20-30)39-28-11-7-4-8-12-28/h3-20,26H,2,21-23H2,1H3,(H,33,34). The van der Waals surface area contributed by atoms with Crippen LogP contribution in [0.4, 0.5) is 5.69 Å². The predicted molar refractivity (Wildman–Crippen MR) is 154 cm³/mol. The number of hydrogen-bond donors (Lipinski definition) is 1. The van der Waals surface area contributed by atoms with Gasteiger partial charge >= 0.3 is 5.97 Å². The molecule has 0 radical (unpaired) electrons. The van der Waals surface area contributed by atoms with E-state index in [0.29, 0.717) is 22.7 Å². The molecule has 4 aromatic carbocycles. The Kier molecular flexibility index (Phi) is 9.70. The summed E-state index contributed by atoms with van der Waals surface area (Å²) in [6.45, 7) is 2.01. The summed E-state index contributed by atoms with van der Waals surface area (Å²) in [4.78, 5) is 25.0. The van der Waals surface area contributed by atoms with Crippen LogP contribution in [0.1, 0.15) is 41.6 Å². The largest absolute Gasteiger partial charge is 0.462 e. The summed E-state index contributed by atoms with van der Waals surface area (Å²) in [6.07, 6.45) is 0.368. The Morgan fingerprint density at radius 2 is 1.38 bits per heavy atom. The number of benzene rings is 4. The van der Waals surface area contributed by atoms with Gasteiger partial charge in [-0.2, -0.15) is 0 Å². The summed E-state index contributed by atoms with van der Waals surface area (Å²) in [5, 5.41) is 2.84. The third-order valence-electron chi connectivity index (χ3n) is 6.28. The number of ether oxygens (including phenoxy) is 2. The molecule has 0 aliphatic rings. The van der Waals surface area contributed by atoms with E-state index in [1.807, 2.05) is 60.7 Å². The molecule has 0 heterocycles. The Morgan fingerprint density at radius 3 is 2.00 bits per heavy atom. The van der Waals surface area contributed by atoms with Crippen LogP contribution in [0.25, 0.3) is 0 Å². The van der Waals surface area contributed by atoms with Crippen LogP contribution in [-0.2, 0) is 19.4 Å². The molecular formula is C32H31NO6S. The average molecular weight is 558 g/mol. The third kappa shape index (κ3) is 8.04. The first-order valence-electron chi connectivity index (χ1n) is 13.0. The second kappa shape index (κ2) is 13.6. The molecular weight excluding hydrogens is 526 g/mol. The molecule has 206 valence electrons. The molecule has 1 unspecified atom stereocenters. The van der Waals surface area contributed by atoms with Crippen LogP contribution >= 0.6 is 0 Å². The first kappa shape index (κ1) is 28.6. The van der Waals surface area contributed by atoms with E-state index in [9.17, 15) is 18.0 Å². The number of para-hydroxylation sites is 1. The molecule has 0 saturated heterocycles. The van der Waals surface area contributed by atoms with Gasteiger partial charge in [-0.1, -0.05) is 48.5 Å². The SMILES string of the molecule is CCOC(=O)c1ccc(NC(=O)CC(CCS(=O)(=O)c2ccc(Oc3ccccc3)cc2)c2ccccc2)cc1. The van der Waals surface area contributed by atoms with Gasteiger partial charge in [-0.05, 0) is 85.5 Å². The minimum Gasteiger partial charge on any atom is -0.462 e. The van der Waals surface area contributed by atoms with Crippen molar-refractivity contribution in [3.05, 3.63) is 120 Å². The van der Waals surface area contributed by atoms with Gasteiger partial charge in [-0.25, -0.2) is 13.2 Å². The van der Waals surface area contributed by atoms with E-state index in [2.05, 4.69) is 5.32 Å². The molecule has 4 rings (SSSR count). The van der Waals surface area contributed by atoms with Crippen LogP contribution in [0.5, 0.6) is 11.5 Å². The summed E-state index contributed by atoms with van der Waals surface area (Å²) in [5.74, 6) is 0.0980. The van der Waals surface area contributed by atoms with Crippen LogP contribution in [0.3, 0.4) is 0 Å². The highest BCUT2D eigenvalue weighted by molar-refractivity contribution is 7.91. The number of amides is 1. The van der Waals surface area contributed by atoms with Gasteiger partial charge in [0.15, 0.2) is 9.84 Å². The van der Waals surface area contributed by atoms with Crippen molar-refractivity contribution >= 4 is 27.4 Å². The Morgan fingerprint density at radius 1 is 0.775 bits per heavy atom. The lowest BCUT2D eigenvalue weighted by molar-refractivity contribution is -0.116. The normalized spacial score (nSPS) is 11.8. The van der Waals surface area contributed by atoms with E-state index >= 15 is 0 Å². The number of carbonyl (C=O) groups excluding carboxylic acids is 2. The number of esters is 1. The fraction of sp³-hybridized carbons (Fsp3) is 0.188. The van der Waals surface area contributed by atoms with Gasteiger partial charge in [0.1, 0.15) is 11.5 Å². The average Bonchev–Trinajstić information content (AvgIpc) is 2.97. The van der Waals surface area contributed by atoms with Crippen LogP contribution in [-0.4, -0.2) is 32.7 Å². The Bertz CT molecular complexity index is 1500. The van der Waals surface area contributed by atoms with Crippen LogP contribution in [0, 0.1) is 0 Å². The smallest absolute Gasteiger partial charge is 0.338 e. The zero-order chi connectivity index (χ0) is 28.4. The third-order valence-corrected chi connectivity index (χ3v) is 8.04. The summed E-state index contributed by atoms with van der Waals surface area (Å²) in [7, 11) is -3.60. The maximum atomic E-state index is 13.2. The van der Waals surface area contributed by atoms with Crippen molar-refractivity contribution in [2.24, 2.45) is 0 Å². The highest BCUT2D eigenvalue weighted by Gasteiger charge is 2.22. The monoisotopic (exact) mass is 557 g/mol. The highest BCUT2D eigenvalue weighted by atomic mass is 32.2. The van der Waals surface area contributed by atoms with Crippen LogP contribution < -0.4 is 10.1 Å². The van der Waals surface area contributed by atoms with E-state index in [0.717, 1.165) is 5.56 Å². The molecule has 40 heavy (non-hydrogen) atoms. The molecule has 0 fully saturated rings. The molecule has 0 aliphatic carbocycles. The van der Waals surface area contributed by atoms with Gasteiger partial charge < -0.3 is 14.8 Å². The van der Waals surface area contributed by atoms with Gasteiger partial charge in [0, 0.05) is 12.1 Å². The summed E-state index contributed by atoms with van der Waals surface area (Å²) < 4.78 is 37.1. The van der Waals surface area contributed by atoms with Crippen molar-refractivity contribution in [1.29, 1.82) is 0 Å². The quantitative estimate of drug-likeness (QED) is 0.196. The zero-order valence-corrected chi connectivity index (χ0v) is 23.0. The number of rotatable bonds is 12. The van der Waals surface area contributed by atoms with E-state index in [4.69, 9.17) is 9.47 Å². The van der Waals surface area contributed by atoms with E-state index < -0.39 is 15.8 Å². The fourth-order valence-electron chi connectivity index (χ4n) is 4.21. The maximum absolute atomic E-state index is 13.2. The molecule has 7 nitrogen and oxygen atoms in total. The lowest BCUT2D eigenvalue weighted by Crippen LogP contribution is -2.18. The lowest BCUT2D eigenvalue weighted by Gasteiger charge is -2.18. The number of anilines is 1. The maximum Gasteiger partial charge on any atom is 0.338 e. The fourth-order valence-corrected chi connectivity index (χ4v) is 5.59. The van der Waals surface area contributed by atoms with Gasteiger partial charge in [0.25, 0.3) is 0 Å². The number of carbonyl (C=O) groups is 2. The topological polar surface area (TPSA) is 98.8 Å². The van der Waals surface area contributed by atoms with Crippen molar-refractivity contribution in [2.45, 2.75) is 30.6 Å². The molecule has 4 aromatic rings. The summed E-state index contributed by atoms with van der Waals surface area (Å²) in [6, 6.07) is 31.5. The van der Waals surface area contributed by atoms with Crippen LogP contribution in [0.2, 0.25) is 0 Å². The molecule has 1 atom stereocenters. The first-order chi connectivity index (χ1) is 19.3. The minimum atomic E-state index is -3.60. The predicted octanol–water partition coefficient (Wildman–Crippen LogP) is 6.63. The van der Waals surface area contributed by atoms with Crippen molar-refractivity contribution < 1.29 is 27.5 Å².